The molecule has 0 aliphatic carbocycles. The summed E-state index contributed by atoms with van der Waals surface area (Å²) in [6, 6.07) is 15.6. The van der Waals surface area contributed by atoms with E-state index in [-0.39, 0.29) is 18.4 Å². The molecule has 2 amide bonds. The molecule has 1 aromatic heterocycles. The number of rotatable bonds is 2. The Bertz CT molecular complexity index is 1170. The van der Waals surface area contributed by atoms with Crippen LogP contribution in [0.3, 0.4) is 0 Å². The highest BCUT2D eigenvalue weighted by atomic mass is 16.5. The molecule has 0 N–H and O–H groups in total. The minimum Gasteiger partial charge on any atom is -0.482 e. The van der Waals surface area contributed by atoms with Crippen LogP contribution < -0.4 is 9.64 Å². The number of anilines is 1. The molecule has 0 radical (unpaired) electrons. The molecule has 158 valence electrons. The van der Waals surface area contributed by atoms with E-state index in [4.69, 9.17) is 9.84 Å². The number of likely N-dealkylation sites (N-methyl/N-ethyl adjacent to an activating group) is 1. The third kappa shape index (κ3) is 3.36. The topological polar surface area (TPSA) is 67.7 Å². The number of nitrogens with zero attached hydrogens (tertiary/aromatic N) is 4. The second-order valence-electron chi connectivity index (χ2n) is 7.98. The molecule has 7 nitrogen and oxygen atoms in total. The zero-order chi connectivity index (χ0) is 21.5. The predicted octanol–water partition coefficient (Wildman–Crippen LogP) is 2.68. The fourth-order valence-electron chi connectivity index (χ4n) is 4.43. The molecular weight excluding hydrogens is 392 g/mol. The average molecular weight is 416 g/mol. The lowest BCUT2D eigenvalue weighted by Gasteiger charge is -2.27. The lowest BCUT2D eigenvalue weighted by molar-refractivity contribution is -0.120. The lowest BCUT2D eigenvalue weighted by Crippen LogP contribution is -2.36. The van der Waals surface area contributed by atoms with Crippen molar-refractivity contribution < 1.29 is 14.3 Å². The largest absolute Gasteiger partial charge is 0.482 e. The SMILES string of the molecule is CN1C(=O)COc2ccc(C(=O)N3CCc4nn(C)c(-c5ccccc5)c4CC3)cc21. The Hall–Kier alpha value is -3.61. The normalized spacial score (nSPS) is 15.7. The summed E-state index contributed by atoms with van der Waals surface area (Å²) >= 11 is 0. The Labute approximate surface area is 180 Å². The molecule has 0 spiro atoms. The van der Waals surface area contributed by atoms with Crippen LogP contribution in [0.5, 0.6) is 5.75 Å². The number of aryl methyl sites for hydroxylation is 1. The molecule has 31 heavy (non-hydrogen) atoms. The van der Waals surface area contributed by atoms with Gasteiger partial charge in [0, 0.05) is 50.3 Å². The van der Waals surface area contributed by atoms with Crippen LogP contribution in [0.4, 0.5) is 5.69 Å². The molecule has 3 aromatic rings. The Morgan fingerprint density at radius 2 is 1.81 bits per heavy atom. The monoisotopic (exact) mass is 416 g/mol. The van der Waals surface area contributed by atoms with Crippen LogP contribution in [-0.2, 0) is 24.7 Å². The fourth-order valence-corrected chi connectivity index (χ4v) is 4.43. The van der Waals surface area contributed by atoms with Gasteiger partial charge in [0.25, 0.3) is 11.8 Å². The van der Waals surface area contributed by atoms with E-state index in [0.717, 1.165) is 23.4 Å². The van der Waals surface area contributed by atoms with Gasteiger partial charge >= 0.3 is 0 Å². The molecule has 2 aliphatic heterocycles. The zero-order valence-corrected chi connectivity index (χ0v) is 17.7. The number of aromatic nitrogens is 2. The Morgan fingerprint density at radius 3 is 2.61 bits per heavy atom. The molecule has 0 saturated heterocycles. The first-order chi connectivity index (χ1) is 15.0. The summed E-state index contributed by atoms with van der Waals surface area (Å²) in [4.78, 5) is 28.7. The number of carbonyl (C=O) groups is 2. The molecule has 2 aliphatic rings. The van der Waals surface area contributed by atoms with Gasteiger partial charge in [-0.05, 0) is 24.6 Å². The number of fused-ring (bicyclic) bond motifs is 2. The van der Waals surface area contributed by atoms with Crippen molar-refractivity contribution >= 4 is 17.5 Å². The first-order valence-corrected chi connectivity index (χ1v) is 10.5. The molecular formula is C24H24N4O3. The fraction of sp³-hybridized carbons (Fsp3) is 0.292. The quantitative estimate of drug-likeness (QED) is 0.644. The maximum Gasteiger partial charge on any atom is 0.264 e. The van der Waals surface area contributed by atoms with E-state index in [1.807, 2.05) is 34.8 Å². The van der Waals surface area contributed by atoms with Crippen molar-refractivity contribution in [3.63, 3.8) is 0 Å². The van der Waals surface area contributed by atoms with Gasteiger partial charge in [0.1, 0.15) is 5.75 Å². The second-order valence-corrected chi connectivity index (χ2v) is 7.98. The molecule has 5 rings (SSSR count). The smallest absolute Gasteiger partial charge is 0.264 e. The van der Waals surface area contributed by atoms with Crippen LogP contribution in [-0.4, -0.2) is 53.2 Å². The van der Waals surface area contributed by atoms with Crippen LogP contribution >= 0.6 is 0 Å². The summed E-state index contributed by atoms with van der Waals surface area (Å²) in [6.45, 7) is 1.26. The van der Waals surface area contributed by atoms with Crippen LogP contribution in [0, 0.1) is 0 Å². The van der Waals surface area contributed by atoms with Gasteiger partial charge < -0.3 is 14.5 Å². The van der Waals surface area contributed by atoms with E-state index < -0.39 is 0 Å². The highest BCUT2D eigenvalue weighted by molar-refractivity contribution is 6.01. The van der Waals surface area contributed by atoms with E-state index in [1.54, 1.807) is 30.1 Å². The molecule has 0 saturated carbocycles. The molecule has 3 heterocycles. The third-order valence-corrected chi connectivity index (χ3v) is 6.11. The van der Waals surface area contributed by atoms with E-state index in [2.05, 4.69) is 12.1 Å². The molecule has 2 aromatic carbocycles. The van der Waals surface area contributed by atoms with Gasteiger partial charge in [-0.3, -0.25) is 14.3 Å². The lowest BCUT2D eigenvalue weighted by atomic mass is 10.0. The number of hydrogen-bond donors (Lipinski definition) is 0. The Morgan fingerprint density at radius 1 is 1.03 bits per heavy atom. The van der Waals surface area contributed by atoms with Gasteiger partial charge in [-0.2, -0.15) is 5.10 Å². The summed E-state index contributed by atoms with van der Waals surface area (Å²) in [5.41, 5.74) is 5.73. The maximum absolute atomic E-state index is 13.3. The number of ether oxygens (including phenoxy) is 1. The third-order valence-electron chi connectivity index (χ3n) is 6.11. The van der Waals surface area contributed by atoms with Crippen molar-refractivity contribution in [2.24, 2.45) is 7.05 Å². The van der Waals surface area contributed by atoms with Gasteiger partial charge in [0.05, 0.1) is 17.1 Å². The minimum absolute atomic E-state index is 0.0261. The van der Waals surface area contributed by atoms with Crippen molar-refractivity contribution in [2.45, 2.75) is 12.8 Å². The van der Waals surface area contributed by atoms with Crippen LogP contribution in [0.25, 0.3) is 11.3 Å². The molecule has 0 fully saturated rings. The van der Waals surface area contributed by atoms with Crippen molar-refractivity contribution in [1.29, 1.82) is 0 Å². The van der Waals surface area contributed by atoms with E-state index in [9.17, 15) is 9.59 Å². The van der Waals surface area contributed by atoms with Crippen molar-refractivity contribution in [1.82, 2.24) is 14.7 Å². The average Bonchev–Trinajstić information content (AvgIpc) is 2.97. The molecule has 0 unspecified atom stereocenters. The highest BCUT2D eigenvalue weighted by Crippen LogP contribution is 2.33. The summed E-state index contributed by atoms with van der Waals surface area (Å²) in [7, 11) is 3.68. The number of benzene rings is 2. The zero-order valence-electron chi connectivity index (χ0n) is 17.7. The first kappa shape index (κ1) is 19.4. The summed E-state index contributed by atoms with van der Waals surface area (Å²) in [6.07, 6.45) is 1.47. The van der Waals surface area contributed by atoms with Crippen molar-refractivity contribution in [3.8, 4) is 17.0 Å². The number of amides is 2. The summed E-state index contributed by atoms with van der Waals surface area (Å²) in [5.74, 6) is 0.464. The van der Waals surface area contributed by atoms with Crippen LogP contribution in [0.15, 0.2) is 48.5 Å². The standard InChI is InChI=1S/C24H24N4O3/c1-26-20-14-17(8-9-21(20)31-15-22(26)29)24(30)28-12-10-18-19(11-13-28)25-27(2)23(18)16-6-4-3-5-7-16/h3-9,14H,10-13,15H2,1-2H3. The van der Waals surface area contributed by atoms with E-state index in [1.165, 1.54) is 5.56 Å². The minimum atomic E-state index is -0.123. The summed E-state index contributed by atoms with van der Waals surface area (Å²) < 4.78 is 7.43. The molecule has 0 bridgehead atoms. The maximum atomic E-state index is 13.3. The Kier molecular flexibility index (Phi) is 4.73. The number of hydrogen-bond acceptors (Lipinski definition) is 4. The van der Waals surface area contributed by atoms with Gasteiger partial charge in [0.2, 0.25) is 0 Å². The van der Waals surface area contributed by atoms with Gasteiger partial charge in [-0.25, -0.2) is 0 Å². The van der Waals surface area contributed by atoms with Crippen molar-refractivity contribution in [3.05, 3.63) is 65.4 Å². The second kappa shape index (κ2) is 7.58. The van der Waals surface area contributed by atoms with Crippen molar-refractivity contribution in [2.75, 3.05) is 31.6 Å². The molecule has 0 atom stereocenters. The Balaban J connectivity index is 1.39. The van der Waals surface area contributed by atoms with E-state index in [0.29, 0.717) is 36.5 Å². The van der Waals surface area contributed by atoms with Gasteiger partial charge in [-0.1, -0.05) is 30.3 Å². The highest BCUT2D eigenvalue weighted by Gasteiger charge is 2.27. The van der Waals surface area contributed by atoms with Gasteiger partial charge in [0.15, 0.2) is 6.61 Å². The van der Waals surface area contributed by atoms with Crippen LogP contribution in [0.2, 0.25) is 0 Å². The molecule has 7 heteroatoms. The van der Waals surface area contributed by atoms with Crippen LogP contribution in [0.1, 0.15) is 21.6 Å². The summed E-state index contributed by atoms with van der Waals surface area (Å²) in [5, 5.41) is 4.75. The van der Waals surface area contributed by atoms with E-state index >= 15 is 0 Å². The number of carbonyl (C=O) groups excluding carboxylic acids is 2. The predicted molar refractivity (Wildman–Crippen MR) is 117 cm³/mol. The van der Waals surface area contributed by atoms with Gasteiger partial charge in [-0.15, -0.1) is 0 Å². The first-order valence-electron chi connectivity index (χ1n) is 10.5.